The first-order valence-electron chi connectivity index (χ1n) is 5.54. The van der Waals surface area contributed by atoms with Crippen LogP contribution >= 0.6 is 0 Å². The normalized spacial score (nSPS) is 20.4. The molecule has 0 spiro atoms. The summed E-state index contributed by atoms with van der Waals surface area (Å²) in [4.78, 5) is 21.8. The molecule has 1 aliphatic rings. The van der Waals surface area contributed by atoms with E-state index in [0.717, 1.165) is 11.4 Å². The van der Waals surface area contributed by atoms with Crippen LogP contribution in [0.3, 0.4) is 0 Å². The minimum atomic E-state index is -0.482. The van der Waals surface area contributed by atoms with E-state index in [0.29, 0.717) is 25.7 Å². The van der Waals surface area contributed by atoms with Gasteiger partial charge in [0.1, 0.15) is 6.04 Å². The van der Waals surface area contributed by atoms with E-state index < -0.39 is 11.9 Å². The molecular weight excluding hydrogens is 220 g/mol. The summed E-state index contributed by atoms with van der Waals surface area (Å²) >= 11 is 0. The first-order valence-corrected chi connectivity index (χ1v) is 5.54. The molecule has 1 aromatic heterocycles. The Kier molecular flexibility index (Phi) is 3.23. The number of anilines is 1. The Morgan fingerprint density at radius 2 is 2.12 bits per heavy atom. The van der Waals surface area contributed by atoms with E-state index in [1.165, 1.54) is 0 Å². The van der Waals surface area contributed by atoms with Gasteiger partial charge in [-0.05, 0) is 19.9 Å². The minimum Gasteiger partial charge on any atom is -0.377 e. The van der Waals surface area contributed by atoms with E-state index in [-0.39, 0.29) is 0 Å². The number of morpholine rings is 1. The fraction of sp³-hybridized carbons (Fsp3) is 0.545. The third-order valence-electron chi connectivity index (χ3n) is 2.68. The Morgan fingerprint density at radius 1 is 1.47 bits per heavy atom. The van der Waals surface area contributed by atoms with E-state index >= 15 is 0 Å². The molecule has 1 aromatic rings. The first kappa shape index (κ1) is 11.8. The molecule has 1 atom stereocenters. The van der Waals surface area contributed by atoms with Crippen LogP contribution in [0.25, 0.3) is 0 Å². The van der Waals surface area contributed by atoms with E-state index in [4.69, 9.17) is 10.5 Å². The minimum absolute atomic E-state index is 0.297. The van der Waals surface area contributed by atoms with Gasteiger partial charge in [0, 0.05) is 17.9 Å². The van der Waals surface area contributed by atoms with Gasteiger partial charge in [-0.1, -0.05) is 0 Å². The summed E-state index contributed by atoms with van der Waals surface area (Å²) in [5, 5.41) is 0. The predicted molar refractivity (Wildman–Crippen MR) is 62.7 cm³/mol. The summed E-state index contributed by atoms with van der Waals surface area (Å²) in [6, 6.07) is 1.41. The summed E-state index contributed by atoms with van der Waals surface area (Å²) in [7, 11) is 0. The van der Waals surface area contributed by atoms with Gasteiger partial charge in [-0.15, -0.1) is 0 Å². The molecule has 6 heteroatoms. The quantitative estimate of drug-likeness (QED) is 0.768. The molecule has 1 fully saturated rings. The highest BCUT2D eigenvalue weighted by molar-refractivity contribution is 5.83. The van der Waals surface area contributed by atoms with Crippen molar-refractivity contribution in [1.82, 2.24) is 9.97 Å². The number of nitrogens with two attached hydrogens (primary N) is 1. The van der Waals surface area contributed by atoms with Gasteiger partial charge < -0.3 is 15.4 Å². The maximum atomic E-state index is 11.4. The molecule has 6 nitrogen and oxygen atoms in total. The first-order chi connectivity index (χ1) is 8.08. The number of hydrogen-bond acceptors (Lipinski definition) is 5. The smallest absolute Gasteiger partial charge is 0.242 e. The molecule has 92 valence electrons. The number of aromatic nitrogens is 2. The summed E-state index contributed by atoms with van der Waals surface area (Å²) < 4.78 is 5.26. The number of primary amides is 1. The number of rotatable bonds is 2. The van der Waals surface area contributed by atoms with Crippen LogP contribution in [0, 0.1) is 13.8 Å². The molecular formula is C11H16N4O2. The molecule has 1 amide bonds. The Balaban J connectivity index is 2.32. The fourth-order valence-corrected chi connectivity index (χ4v) is 1.91. The Labute approximate surface area is 99.8 Å². The Morgan fingerprint density at radius 3 is 2.71 bits per heavy atom. The van der Waals surface area contributed by atoms with Crippen molar-refractivity contribution in [3.05, 3.63) is 17.5 Å². The lowest BCUT2D eigenvalue weighted by Gasteiger charge is -2.33. The lowest BCUT2D eigenvalue weighted by molar-refractivity contribution is -0.121. The molecule has 2 N–H and O–H groups in total. The van der Waals surface area contributed by atoms with Gasteiger partial charge in [-0.2, -0.15) is 0 Å². The molecule has 0 aliphatic carbocycles. The lowest BCUT2D eigenvalue weighted by atomic mass is 10.2. The van der Waals surface area contributed by atoms with Crippen molar-refractivity contribution in [2.24, 2.45) is 5.73 Å². The maximum Gasteiger partial charge on any atom is 0.242 e. The van der Waals surface area contributed by atoms with Gasteiger partial charge in [0.2, 0.25) is 11.9 Å². The van der Waals surface area contributed by atoms with Gasteiger partial charge in [0.25, 0.3) is 0 Å². The van der Waals surface area contributed by atoms with Crippen LogP contribution in [-0.4, -0.2) is 41.7 Å². The number of amides is 1. The van der Waals surface area contributed by atoms with Gasteiger partial charge >= 0.3 is 0 Å². The third-order valence-corrected chi connectivity index (χ3v) is 2.68. The molecule has 1 aliphatic heterocycles. The van der Waals surface area contributed by atoms with Crippen molar-refractivity contribution in [2.75, 3.05) is 24.7 Å². The van der Waals surface area contributed by atoms with Crippen LogP contribution in [0.2, 0.25) is 0 Å². The second-order valence-electron chi connectivity index (χ2n) is 4.14. The van der Waals surface area contributed by atoms with Crippen LogP contribution in [0.15, 0.2) is 6.07 Å². The SMILES string of the molecule is Cc1cc(C)nc(N2CCOC[C@@H]2C(N)=O)n1. The number of hydrogen-bond donors (Lipinski definition) is 1. The molecule has 2 rings (SSSR count). The van der Waals surface area contributed by atoms with Crippen molar-refractivity contribution in [1.29, 1.82) is 0 Å². The zero-order valence-electron chi connectivity index (χ0n) is 10.0. The van der Waals surface area contributed by atoms with Crippen molar-refractivity contribution in [3.63, 3.8) is 0 Å². The topological polar surface area (TPSA) is 81.3 Å². The molecule has 17 heavy (non-hydrogen) atoms. The van der Waals surface area contributed by atoms with Crippen LogP contribution in [-0.2, 0) is 9.53 Å². The van der Waals surface area contributed by atoms with Gasteiger partial charge in [0.15, 0.2) is 0 Å². The van der Waals surface area contributed by atoms with E-state index in [1.54, 1.807) is 0 Å². The highest BCUT2D eigenvalue weighted by Gasteiger charge is 2.29. The molecule has 1 saturated heterocycles. The molecule has 0 aromatic carbocycles. The second-order valence-corrected chi connectivity index (χ2v) is 4.14. The highest BCUT2D eigenvalue weighted by Crippen LogP contribution is 2.16. The van der Waals surface area contributed by atoms with Crippen molar-refractivity contribution >= 4 is 11.9 Å². The van der Waals surface area contributed by atoms with Crippen LogP contribution in [0.1, 0.15) is 11.4 Å². The summed E-state index contributed by atoms with van der Waals surface area (Å²) in [6.07, 6.45) is 0. The van der Waals surface area contributed by atoms with Crippen LogP contribution < -0.4 is 10.6 Å². The third kappa shape index (κ3) is 2.52. The maximum absolute atomic E-state index is 11.4. The number of carbonyl (C=O) groups excluding carboxylic acids is 1. The van der Waals surface area contributed by atoms with E-state index in [2.05, 4.69) is 9.97 Å². The van der Waals surface area contributed by atoms with Crippen molar-refractivity contribution in [3.8, 4) is 0 Å². The fourth-order valence-electron chi connectivity index (χ4n) is 1.91. The Hall–Kier alpha value is -1.69. The van der Waals surface area contributed by atoms with Crippen LogP contribution in [0.5, 0.6) is 0 Å². The molecule has 2 heterocycles. The predicted octanol–water partition coefficient (Wildman–Crippen LogP) is -0.216. The van der Waals surface area contributed by atoms with E-state index in [1.807, 2.05) is 24.8 Å². The zero-order valence-corrected chi connectivity index (χ0v) is 10.0. The van der Waals surface area contributed by atoms with Gasteiger partial charge in [-0.25, -0.2) is 9.97 Å². The number of carbonyl (C=O) groups is 1. The lowest BCUT2D eigenvalue weighted by Crippen LogP contribution is -2.53. The largest absolute Gasteiger partial charge is 0.377 e. The molecule has 0 unspecified atom stereocenters. The number of aryl methyl sites for hydroxylation is 2. The molecule has 0 saturated carbocycles. The summed E-state index contributed by atoms with van der Waals surface area (Å²) in [5.74, 6) is 0.141. The van der Waals surface area contributed by atoms with Gasteiger partial charge in [-0.3, -0.25) is 4.79 Å². The monoisotopic (exact) mass is 236 g/mol. The Bertz CT molecular complexity index is 415. The highest BCUT2D eigenvalue weighted by atomic mass is 16.5. The molecule has 0 radical (unpaired) electrons. The van der Waals surface area contributed by atoms with Crippen molar-refractivity contribution < 1.29 is 9.53 Å². The van der Waals surface area contributed by atoms with E-state index in [9.17, 15) is 4.79 Å². The zero-order chi connectivity index (χ0) is 12.4. The average Bonchev–Trinajstić information content (AvgIpc) is 2.27. The van der Waals surface area contributed by atoms with Gasteiger partial charge in [0.05, 0.1) is 13.2 Å². The number of nitrogens with zero attached hydrogens (tertiary/aromatic N) is 3. The van der Waals surface area contributed by atoms with Crippen molar-refractivity contribution in [2.45, 2.75) is 19.9 Å². The standard InChI is InChI=1S/C11H16N4O2/c1-7-5-8(2)14-11(13-7)15-3-4-17-6-9(15)10(12)16/h5,9H,3-4,6H2,1-2H3,(H2,12,16)/t9-/m1/s1. The van der Waals surface area contributed by atoms with Crippen LogP contribution in [0.4, 0.5) is 5.95 Å². The molecule has 0 bridgehead atoms. The average molecular weight is 236 g/mol. The summed E-state index contributed by atoms with van der Waals surface area (Å²) in [6.45, 7) is 5.23. The summed E-state index contributed by atoms with van der Waals surface area (Å²) in [5.41, 5.74) is 7.11. The number of ether oxygens (including phenoxy) is 1. The second kappa shape index (κ2) is 4.67.